The number of benzene rings is 1. The number of urea groups is 1. The van der Waals surface area contributed by atoms with Gasteiger partial charge in [-0.25, -0.2) is 9.18 Å². The van der Waals surface area contributed by atoms with Gasteiger partial charge in [0.05, 0.1) is 0 Å². The number of anilines is 2. The van der Waals surface area contributed by atoms with Gasteiger partial charge in [0.15, 0.2) is 5.82 Å². The molecule has 1 heterocycles. The van der Waals surface area contributed by atoms with Crippen molar-refractivity contribution >= 4 is 17.7 Å². The molecule has 3 rings (SSSR count). The van der Waals surface area contributed by atoms with Crippen molar-refractivity contribution in [3.8, 4) is 0 Å². The molecule has 1 fully saturated rings. The van der Waals surface area contributed by atoms with Crippen molar-refractivity contribution in [1.29, 1.82) is 0 Å². The van der Waals surface area contributed by atoms with Crippen LogP contribution < -0.4 is 16.0 Å². The molecule has 3 N–H and O–H groups in total. The Morgan fingerprint density at radius 3 is 2.36 bits per heavy atom. The molecule has 1 aliphatic rings. The predicted molar refractivity (Wildman–Crippen MR) is 94.8 cm³/mol. The lowest BCUT2D eigenvalue weighted by atomic mass is 9.96. The molecule has 0 unspecified atom stereocenters. The SMILES string of the molecule is O=C(Nc1ccc(NCc2ccc(F)cc2)nn1)NC1CCCCC1. The molecule has 0 bridgehead atoms. The number of rotatable bonds is 5. The smallest absolute Gasteiger partial charge is 0.320 e. The van der Waals surface area contributed by atoms with Gasteiger partial charge < -0.3 is 10.6 Å². The summed E-state index contributed by atoms with van der Waals surface area (Å²) in [6.07, 6.45) is 5.65. The number of amides is 2. The zero-order valence-corrected chi connectivity index (χ0v) is 14.0. The van der Waals surface area contributed by atoms with Gasteiger partial charge in [-0.1, -0.05) is 31.4 Å². The molecule has 2 amide bonds. The van der Waals surface area contributed by atoms with E-state index in [2.05, 4.69) is 26.1 Å². The fourth-order valence-corrected chi connectivity index (χ4v) is 2.87. The van der Waals surface area contributed by atoms with Crippen LogP contribution in [0.3, 0.4) is 0 Å². The molecule has 1 aromatic heterocycles. The molecule has 132 valence electrons. The first kappa shape index (κ1) is 17.1. The van der Waals surface area contributed by atoms with Gasteiger partial charge in [0.25, 0.3) is 0 Å². The summed E-state index contributed by atoms with van der Waals surface area (Å²) in [7, 11) is 0. The third-order valence-electron chi connectivity index (χ3n) is 4.23. The molecule has 0 spiro atoms. The molecule has 1 saturated carbocycles. The van der Waals surface area contributed by atoms with Crippen LogP contribution in [0.15, 0.2) is 36.4 Å². The highest BCUT2D eigenvalue weighted by Crippen LogP contribution is 2.17. The largest absolute Gasteiger partial charge is 0.365 e. The molecule has 0 atom stereocenters. The first-order valence-electron chi connectivity index (χ1n) is 8.58. The second kappa shape index (κ2) is 8.41. The Morgan fingerprint density at radius 2 is 1.68 bits per heavy atom. The Kier molecular flexibility index (Phi) is 5.77. The fourth-order valence-electron chi connectivity index (χ4n) is 2.87. The first-order valence-corrected chi connectivity index (χ1v) is 8.58. The zero-order chi connectivity index (χ0) is 17.5. The van der Waals surface area contributed by atoms with Crippen LogP contribution in [-0.4, -0.2) is 22.3 Å². The van der Waals surface area contributed by atoms with Crippen molar-refractivity contribution in [2.45, 2.75) is 44.7 Å². The van der Waals surface area contributed by atoms with Crippen LogP contribution in [0.2, 0.25) is 0 Å². The highest BCUT2D eigenvalue weighted by atomic mass is 19.1. The van der Waals surface area contributed by atoms with Crippen LogP contribution in [0.1, 0.15) is 37.7 Å². The molecule has 7 heteroatoms. The van der Waals surface area contributed by atoms with E-state index in [4.69, 9.17) is 0 Å². The van der Waals surface area contributed by atoms with E-state index in [1.54, 1.807) is 24.3 Å². The minimum absolute atomic E-state index is 0.242. The summed E-state index contributed by atoms with van der Waals surface area (Å²) in [6, 6.07) is 9.70. The highest BCUT2D eigenvalue weighted by Gasteiger charge is 2.15. The summed E-state index contributed by atoms with van der Waals surface area (Å²) >= 11 is 0. The number of carbonyl (C=O) groups is 1. The van der Waals surface area contributed by atoms with E-state index < -0.39 is 0 Å². The third kappa shape index (κ3) is 5.41. The minimum atomic E-state index is -0.259. The standard InChI is InChI=1S/C18H22FN5O/c19-14-8-6-13(7-9-14)12-20-16-10-11-17(24-23-16)22-18(25)21-15-4-2-1-3-5-15/h6-11,15H,1-5,12H2,(H,20,23)(H2,21,22,24,25). The molecular weight excluding hydrogens is 321 g/mol. The number of hydrogen-bond acceptors (Lipinski definition) is 4. The van der Waals surface area contributed by atoms with Gasteiger partial charge in [-0.2, -0.15) is 0 Å². The maximum absolute atomic E-state index is 12.9. The van der Waals surface area contributed by atoms with Gasteiger partial charge >= 0.3 is 6.03 Å². The normalized spacial score (nSPS) is 14.8. The predicted octanol–water partition coefficient (Wildman–Crippen LogP) is 3.68. The average Bonchev–Trinajstić information content (AvgIpc) is 2.63. The highest BCUT2D eigenvalue weighted by molar-refractivity contribution is 5.88. The van der Waals surface area contributed by atoms with Crippen LogP contribution in [0, 0.1) is 5.82 Å². The number of aromatic nitrogens is 2. The number of halogens is 1. The molecule has 0 aliphatic heterocycles. The van der Waals surface area contributed by atoms with Crippen LogP contribution in [-0.2, 0) is 6.54 Å². The first-order chi connectivity index (χ1) is 12.2. The average molecular weight is 343 g/mol. The van der Waals surface area contributed by atoms with Crippen molar-refractivity contribution in [3.63, 3.8) is 0 Å². The molecule has 1 aliphatic carbocycles. The van der Waals surface area contributed by atoms with Crippen molar-refractivity contribution in [2.24, 2.45) is 0 Å². The summed E-state index contributed by atoms with van der Waals surface area (Å²) in [4.78, 5) is 12.0. The Hall–Kier alpha value is -2.70. The number of hydrogen-bond donors (Lipinski definition) is 3. The van der Waals surface area contributed by atoms with Crippen LogP contribution in [0.5, 0.6) is 0 Å². The lowest BCUT2D eigenvalue weighted by molar-refractivity contribution is 0.244. The molecule has 1 aromatic carbocycles. The number of nitrogens with one attached hydrogen (secondary N) is 3. The maximum atomic E-state index is 12.9. The Balaban J connectivity index is 1.46. The van der Waals surface area contributed by atoms with E-state index in [9.17, 15) is 9.18 Å². The molecule has 6 nitrogen and oxygen atoms in total. The van der Waals surface area contributed by atoms with Gasteiger partial charge in [-0.15, -0.1) is 10.2 Å². The van der Waals surface area contributed by atoms with E-state index in [1.165, 1.54) is 31.4 Å². The van der Waals surface area contributed by atoms with Gasteiger partial charge in [0.2, 0.25) is 0 Å². The van der Waals surface area contributed by atoms with Crippen molar-refractivity contribution in [1.82, 2.24) is 15.5 Å². The van der Waals surface area contributed by atoms with Gasteiger partial charge in [-0.05, 0) is 42.7 Å². The van der Waals surface area contributed by atoms with Gasteiger partial charge in [0.1, 0.15) is 11.6 Å². The van der Waals surface area contributed by atoms with E-state index >= 15 is 0 Å². The lowest BCUT2D eigenvalue weighted by Crippen LogP contribution is -2.39. The summed E-state index contributed by atoms with van der Waals surface area (Å²) in [5, 5.41) is 16.8. The van der Waals surface area contributed by atoms with Crippen molar-refractivity contribution in [2.75, 3.05) is 10.6 Å². The Labute approximate surface area is 146 Å². The monoisotopic (exact) mass is 343 g/mol. The van der Waals surface area contributed by atoms with E-state index in [-0.39, 0.29) is 17.9 Å². The van der Waals surface area contributed by atoms with Crippen molar-refractivity contribution < 1.29 is 9.18 Å². The lowest BCUT2D eigenvalue weighted by Gasteiger charge is -2.22. The quantitative estimate of drug-likeness (QED) is 0.774. The summed E-state index contributed by atoms with van der Waals surface area (Å²) in [5.74, 6) is 0.730. The maximum Gasteiger partial charge on any atom is 0.320 e. The van der Waals surface area contributed by atoms with Crippen molar-refractivity contribution in [3.05, 3.63) is 47.8 Å². The van der Waals surface area contributed by atoms with Crippen LogP contribution in [0.4, 0.5) is 20.8 Å². The summed E-state index contributed by atoms with van der Waals surface area (Å²) < 4.78 is 12.9. The second-order valence-corrected chi connectivity index (χ2v) is 6.22. The fraction of sp³-hybridized carbons (Fsp3) is 0.389. The summed E-state index contributed by atoms with van der Waals surface area (Å²) in [5.41, 5.74) is 0.942. The summed E-state index contributed by atoms with van der Waals surface area (Å²) in [6.45, 7) is 0.518. The topological polar surface area (TPSA) is 78.9 Å². The number of carbonyl (C=O) groups excluding carboxylic acids is 1. The van der Waals surface area contributed by atoms with Gasteiger partial charge in [-0.3, -0.25) is 5.32 Å². The molecule has 25 heavy (non-hydrogen) atoms. The molecular formula is C18H22FN5O. The molecule has 0 saturated heterocycles. The zero-order valence-electron chi connectivity index (χ0n) is 14.0. The van der Waals surface area contributed by atoms with Crippen LogP contribution >= 0.6 is 0 Å². The minimum Gasteiger partial charge on any atom is -0.365 e. The van der Waals surface area contributed by atoms with E-state index in [0.717, 1.165) is 18.4 Å². The van der Waals surface area contributed by atoms with E-state index in [1.807, 2.05) is 0 Å². The van der Waals surface area contributed by atoms with E-state index in [0.29, 0.717) is 18.2 Å². The number of nitrogens with zero attached hydrogens (tertiary/aromatic N) is 2. The van der Waals surface area contributed by atoms with Gasteiger partial charge in [0, 0.05) is 12.6 Å². The van der Waals surface area contributed by atoms with Crippen LogP contribution in [0.25, 0.3) is 0 Å². The molecule has 2 aromatic rings. The second-order valence-electron chi connectivity index (χ2n) is 6.22. The Bertz CT molecular complexity index is 684. The molecule has 0 radical (unpaired) electrons. The Morgan fingerprint density at radius 1 is 1.00 bits per heavy atom. The third-order valence-corrected chi connectivity index (χ3v) is 4.23.